The molecule has 15 heavy (non-hydrogen) atoms. The van der Waals surface area contributed by atoms with Crippen molar-refractivity contribution in [2.75, 3.05) is 7.11 Å². The Balaban J connectivity index is 2.94. The van der Waals surface area contributed by atoms with Gasteiger partial charge in [-0.1, -0.05) is 0 Å². The summed E-state index contributed by atoms with van der Waals surface area (Å²) < 4.78 is 5.92. The van der Waals surface area contributed by atoms with Crippen molar-refractivity contribution < 1.29 is 4.74 Å². The second-order valence-corrected chi connectivity index (χ2v) is 4.10. The fourth-order valence-electron chi connectivity index (χ4n) is 1.33. The number of aromatic amines is 2. The van der Waals surface area contributed by atoms with Gasteiger partial charge in [-0.05, 0) is 34.7 Å². The van der Waals surface area contributed by atoms with E-state index in [2.05, 4.69) is 32.6 Å². The van der Waals surface area contributed by atoms with Gasteiger partial charge in [-0.2, -0.15) is 0 Å². The summed E-state index contributed by atoms with van der Waals surface area (Å²) in [5, 5.41) is 0.409. The summed E-state index contributed by atoms with van der Waals surface area (Å²) in [5.41, 5.74) is -0.411. The number of halogens is 1. The topological polar surface area (TPSA) is 75.0 Å². The number of hydrogen-bond donors (Lipinski definition) is 2. The number of benzene rings is 1. The average Bonchev–Trinajstić information content (AvgIpc) is 2.16. The van der Waals surface area contributed by atoms with Crippen molar-refractivity contribution in [2.24, 2.45) is 0 Å². The van der Waals surface area contributed by atoms with E-state index in [9.17, 15) is 9.59 Å². The average molecular weight is 318 g/mol. The first-order chi connectivity index (χ1) is 7.11. The molecule has 78 valence electrons. The van der Waals surface area contributed by atoms with E-state index < -0.39 is 11.2 Å². The van der Waals surface area contributed by atoms with Crippen molar-refractivity contribution in [1.29, 1.82) is 0 Å². The van der Waals surface area contributed by atoms with Crippen LogP contribution in [0.4, 0.5) is 0 Å². The van der Waals surface area contributed by atoms with Crippen LogP contribution in [-0.2, 0) is 0 Å². The van der Waals surface area contributed by atoms with Crippen LogP contribution < -0.4 is 16.0 Å². The van der Waals surface area contributed by atoms with Gasteiger partial charge in [0.15, 0.2) is 0 Å². The lowest BCUT2D eigenvalue weighted by Gasteiger charge is -2.04. The van der Waals surface area contributed by atoms with Crippen LogP contribution in [0.3, 0.4) is 0 Å². The first kappa shape index (κ1) is 10.2. The van der Waals surface area contributed by atoms with Crippen molar-refractivity contribution in [1.82, 2.24) is 9.97 Å². The molecule has 2 rings (SSSR count). The fraction of sp³-hybridized carbons (Fsp3) is 0.111. The minimum atomic E-state index is -0.506. The molecule has 0 aliphatic rings. The van der Waals surface area contributed by atoms with E-state index in [1.54, 1.807) is 12.1 Å². The predicted octanol–water partition coefficient (Wildman–Crippen LogP) is 0.830. The Bertz CT molecular complexity index is 629. The lowest BCUT2D eigenvalue weighted by molar-refractivity contribution is 0.412. The van der Waals surface area contributed by atoms with Crippen LogP contribution >= 0.6 is 22.6 Å². The van der Waals surface area contributed by atoms with Gasteiger partial charge >= 0.3 is 5.69 Å². The minimum Gasteiger partial charge on any atom is -0.496 e. The molecule has 1 aromatic carbocycles. The zero-order valence-corrected chi connectivity index (χ0v) is 9.91. The second-order valence-electron chi connectivity index (χ2n) is 2.94. The Hall–Kier alpha value is -1.31. The SMILES string of the molecule is COc1cc2c(=O)[nH]c(=O)[nH]c2cc1I. The van der Waals surface area contributed by atoms with Crippen LogP contribution in [0.25, 0.3) is 10.9 Å². The maximum absolute atomic E-state index is 11.4. The van der Waals surface area contributed by atoms with E-state index in [-0.39, 0.29) is 0 Å². The van der Waals surface area contributed by atoms with E-state index in [0.717, 1.165) is 3.57 Å². The number of methoxy groups -OCH3 is 1. The summed E-state index contributed by atoms with van der Waals surface area (Å²) >= 11 is 2.07. The Morgan fingerprint density at radius 3 is 2.67 bits per heavy atom. The summed E-state index contributed by atoms with van der Waals surface area (Å²) in [4.78, 5) is 27.2. The second kappa shape index (κ2) is 3.69. The molecule has 1 heterocycles. The summed E-state index contributed by atoms with van der Waals surface area (Å²) in [7, 11) is 1.53. The van der Waals surface area contributed by atoms with Crippen molar-refractivity contribution in [3.63, 3.8) is 0 Å². The first-order valence-corrected chi connectivity index (χ1v) is 5.19. The largest absolute Gasteiger partial charge is 0.496 e. The lowest BCUT2D eigenvalue weighted by atomic mass is 10.2. The van der Waals surface area contributed by atoms with Crippen molar-refractivity contribution in [3.05, 3.63) is 36.5 Å². The van der Waals surface area contributed by atoms with Crippen molar-refractivity contribution >= 4 is 33.5 Å². The maximum atomic E-state index is 11.4. The quantitative estimate of drug-likeness (QED) is 0.765. The molecule has 0 aliphatic heterocycles. The zero-order chi connectivity index (χ0) is 11.0. The monoisotopic (exact) mass is 318 g/mol. The molecule has 0 aliphatic carbocycles. The van der Waals surface area contributed by atoms with Gasteiger partial charge in [0.2, 0.25) is 0 Å². The van der Waals surface area contributed by atoms with Crippen LogP contribution in [-0.4, -0.2) is 17.1 Å². The Morgan fingerprint density at radius 2 is 2.00 bits per heavy atom. The molecular formula is C9H7IN2O3. The normalized spacial score (nSPS) is 10.5. The number of H-pyrrole nitrogens is 2. The van der Waals surface area contributed by atoms with Crippen LogP contribution in [0.15, 0.2) is 21.7 Å². The smallest absolute Gasteiger partial charge is 0.326 e. The summed E-state index contributed by atoms with van der Waals surface area (Å²) in [6.45, 7) is 0. The minimum absolute atomic E-state index is 0.409. The molecule has 2 aromatic rings. The third-order valence-electron chi connectivity index (χ3n) is 2.01. The molecule has 2 N–H and O–H groups in total. The van der Waals surface area contributed by atoms with Crippen molar-refractivity contribution in [3.8, 4) is 5.75 Å². The molecule has 5 nitrogen and oxygen atoms in total. The Kier molecular flexibility index (Phi) is 2.51. The zero-order valence-electron chi connectivity index (χ0n) is 7.76. The molecule has 0 bridgehead atoms. The number of fused-ring (bicyclic) bond motifs is 1. The highest BCUT2D eigenvalue weighted by molar-refractivity contribution is 14.1. The molecule has 0 radical (unpaired) electrons. The first-order valence-electron chi connectivity index (χ1n) is 4.11. The molecule has 0 unspecified atom stereocenters. The van der Waals surface area contributed by atoms with Crippen LogP contribution in [0, 0.1) is 3.57 Å². The maximum Gasteiger partial charge on any atom is 0.326 e. The van der Waals surface area contributed by atoms with Crippen molar-refractivity contribution in [2.45, 2.75) is 0 Å². The summed E-state index contributed by atoms with van der Waals surface area (Å²) in [5.74, 6) is 0.612. The molecule has 0 amide bonds. The molecule has 0 saturated heterocycles. The van der Waals surface area contributed by atoms with Gasteiger partial charge in [0.25, 0.3) is 5.56 Å². The lowest BCUT2D eigenvalue weighted by Crippen LogP contribution is -2.21. The number of nitrogens with one attached hydrogen (secondary N) is 2. The fourth-order valence-corrected chi connectivity index (χ4v) is 2.01. The Morgan fingerprint density at radius 1 is 1.27 bits per heavy atom. The summed E-state index contributed by atoms with van der Waals surface area (Å²) in [6, 6.07) is 3.30. The van der Waals surface area contributed by atoms with Gasteiger partial charge in [-0.25, -0.2) is 4.79 Å². The van der Waals surface area contributed by atoms with Crippen LogP contribution in [0.5, 0.6) is 5.75 Å². The molecule has 6 heteroatoms. The van der Waals surface area contributed by atoms with Gasteiger partial charge in [0.05, 0.1) is 21.6 Å². The molecule has 1 aromatic heterocycles. The molecular weight excluding hydrogens is 311 g/mol. The highest BCUT2D eigenvalue weighted by Gasteiger charge is 2.06. The molecule has 0 saturated carbocycles. The van der Waals surface area contributed by atoms with E-state index in [4.69, 9.17) is 4.74 Å². The van der Waals surface area contributed by atoms with Crippen LogP contribution in [0.1, 0.15) is 0 Å². The number of rotatable bonds is 1. The Labute approximate surface area is 97.6 Å². The van der Waals surface area contributed by atoms with Gasteiger partial charge in [-0.3, -0.25) is 9.78 Å². The standard InChI is InChI=1S/C9H7IN2O3/c1-15-7-2-4-6(3-5(7)10)11-9(14)12-8(4)13/h2-3H,1H3,(H2,11,12,13,14). The number of hydrogen-bond acceptors (Lipinski definition) is 3. The van der Waals surface area contributed by atoms with E-state index >= 15 is 0 Å². The highest BCUT2D eigenvalue weighted by Crippen LogP contribution is 2.23. The van der Waals surface area contributed by atoms with Crippen LogP contribution in [0.2, 0.25) is 0 Å². The highest BCUT2D eigenvalue weighted by atomic mass is 127. The predicted molar refractivity (Wildman–Crippen MR) is 64.5 cm³/mol. The van der Waals surface area contributed by atoms with E-state index in [1.807, 2.05) is 0 Å². The van der Waals surface area contributed by atoms with Gasteiger partial charge in [0.1, 0.15) is 5.75 Å². The molecule has 0 spiro atoms. The molecule has 0 fully saturated rings. The third-order valence-corrected chi connectivity index (χ3v) is 2.85. The number of aromatic nitrogens is 2. The third kappa shape index (κ3) is 1.76. The van der Waals surface area contributed by atoms with Gasteiger partial charge in [-0.15, -0.1) is 0 Å². The van der Waals surface area contributed by atoms with E-state index in [1.165, 1.54) is 7.11 Å². The van der Waals surface area contributed by atoms with E-state index in [0.29, 0.717) is 16.7 Å². The number of ether oxygens (including phenoxy) is 1. The van der Waals surface area contributed by atoms with Gasteiger partial charge in [0, 0.05) is 0 Å². The van der Waals surface area contributed by atoms with Gasteiger partial charge < -0.3 is 9.72 Å². The molecule has 0 atom stereocenters. The summed E-state index contributed by atoms with van der Waals surface area (Å²) in [6.07, 6.45) is 0.